The van der Waals surface area contributed by atoms with E-state index < -0.39 is 10.0 Å². The monoisotopic (exact) mass is 450 g/mol. The predicted molar refractivity (Wildman–Crippen MR) is 109 cm³/mol. The first kappa shape index (κ1) is 20.0. The van der Waals surface area contributed by atoms with Crippen LogP contribution in [0, 0.1) is 6.92 Å². The van der Waals surface area contributed by atoms with Gasteiger partial charge in [0.1, 0.15) is 0 Å². The highest BCUT2D eigenvalue weighted by atomic mass is 79.9. The molecule has 0 bridgehead atoms. The van der Waals surface area contributed by atoms with Crippen LogP contribution < -0.4 is 5.32 Å². The van der Waals surface area contributed by atoms with Gasteiger partial charge < -0.3 is 5.32 Å². The molecular weight excluding hydrogens is 428 g/mol. The van der Waals surface area contributed by atoms with E-state index in [0.717, 1.165) is 28.4 Å². The molecule has 5 nitrogen and oxygen atoms in total. The van der Waals surface area contributed by atoms with E-state index in [1.165, 1.54) is 10.4 Å². The van der Waals surface area contributed by atoms with E-state index in [2.05, 4.69) is 21.2 Å². The molecule has 0 aliphatic carbocycles. The number of sulfonamides is 1. The molecule has 27 heavy (non-hydrogen) atoms. The number of carbonyl (C=O) groups excluding carboxylic acids is 1. The minimum Gasteiger partial charge on any atom is -0.345 e. The number of benzene rings is 2. The summed E-state index contributed by atoms with van der Waals surface area (Å²) in [5, 5.41) is 2.96. The minimum atomic E-state index is -3.55. The van der Waals surface area contributed by atoms with Crippen molar-refractivity contribution >= 4 is 31.9 Å². The number of nitrogens with one attached hydrogen (secondary N) is 1. The molecule has 0 aromatic heterocycles. The lowest BCUT2D eigenvalue weighted by molar-refractivity contribution is 0.0939. The fraction of sp³-hybridized carbons (Fsp3) is 0.350. The van der Waals surface area contributed by atoms with Gasteiger partial charge >= 0.3 is 0 Å². The molecule has 1 N–H and O–H groups in total. The highest BCUT2D eigenvalue weighted by Crippen LogP contribution is 2.25. The second kappa shape index (κ2) is 8.12. The van der Waals surface area contributed by atoms with E-state index >= 15 is 0 Å². The number of aryl methyl sites for hydroxylation is 1. The molecule has 1 heterocycles. The van der Waals surface area contributed by atoms with Gasteiger partial charge in [-0.05, 0) is 56.0 Å². The number of halogens is 1. The third kappa shape index (κ3) is 4.25. The molecule has 0 spiro atoms. The Morgan fingerprint density at radius 2 is 1.81 bits per heavy atom. The van der Waals surface area contributed by atoms with Crippen molar-refractivity contribution in [2.45, 2.75) is 37.6 Å². The average molecular weight is 451 g/mol. The smallest absolute Gasteiger partial charge is 0.252 e. The van der Waals surface area contributed by atoms with Gasteiger partial charge in [-0.2, -0.15) is 4.31 Å². The van der Waals surface area contributed by atoms with Crippen molar-refractivity contribution in [2.24, 2.45) is 0 Å². The first-order valence-electron chi connectivity index (χ1n) is 8.97. The van der Waals surface area contributed by atoms with Crippen LogP contribution in [0.2, 0.25) is 0 Å². The minimum absolute atomic E-state index is 0.175. The Hall–Kier alpha value is -1.70. The summed E-state index contributed by atoms with van der Waals surface area (Å²) in [4.78, 5) is 13.0. The summed E-state index contributed by atoms with van der Waals surface area (Å²) >= 11 is 3.50. The standard InChI is InChI=1S/C20H23BrN2O3S/c1-14-9-10-16(27(25,26)23-11-5-6-12-23)13-18(14)20(24)22-15(2)17-7-3-4-8-19(17)21/h3-4,7-10,13,15H,5-6,11-12H2,1-2H3,(H,22,24). The molecule has 7 heteroatoms. The zero-order chi connectivity index (χ0) is 19.6. The van der Waals surface area contributed by atoms with E-state index in [1.807, 2.05) is 38.1 Å². The Kier molecular flexibility index (Phi) is 6.03. The van der Waals surface area contributed by atoms with E-state index in [0.29, 0.717) is 18.7 Å². The van der Waals surface area contributed by atoms with Gasteiger partial charge in [-0.15, -0.1) is 0 Å². The molecule has 1 aliphatic rings. The predicted octanol–water partition coefficient (Wildman–Crippen LogP) is 4.03. The van der Waals surface area contributed by atoms with Crippen molar-refractivity contribution in [3.63, 3.8) is 0 Å². The van der Waals surface area contributed by atoms with Gasteiger partial charge in [0.15, 0.2) is 0 Å². The van der Waals surface area contributed by atoms with Crippen LogP contribution in [0.4, 0.5) is 0 Å². The van der Waals surface area contributed by atoms with Crippen LogP contribution in [0.3, 0.4) is 0 Å². The Bertz CT molecular complexity index is 953. The number of rotatable bonds is 5. The van der Waals surface area contributed by atoms with Crippen LogP contribution in [0.15, 0.2) is 51.8 Å². The van der Waals surface area contributed by atoms with Crippen LogP contribution in [0.5, 0.6) is 0 Å². The van der Waals surface area contributed by atoms with Crippen molar-refractivity contribution in [3.8, 4) is 0 Å². The van der Waals surface area contributed by atoms with Crippen LogP contribution in [0.25, 0.3) is 0 Å². The first-order chi connectivity index (χ1) is 12.8. The summed E-state index contributed by atoms with van der Waals surface area (Å²) in [6, 6.07) is 12.2. The molecule has 3 rings (SSSR count). The topological polar surface area (TPSA) is 66.5 Å². The van der Waals surface area contributed by atoms with Crippen molar-refractivity contribution in [1.82, 2.24) is 9.62 Å². The maximum Gasteiger partial charge on any atom is 0.252 e. The fourth-order valence-electron chi connectivity index (χ4n) is 3.26. The Morgan fingerprint density at radius 1 is 1.15 bits per heavy atom. The summed E-state index contributed by atoms with van der Waals surface area (Å²) < 4.78 is 28.0. The number of hydrogen-bond acceptors (Lipinski definition) is 3. The van der Waals surface area contributed by atoms with E-state index in [-0.39, 0.29) is 16.8 Å². The molecule has 1 aliphatic heterocycles. The fourth-order valence-corrected chi connectivity index (χ4v) is 5.43. The first-order valence-corrected chi connectivity index (χ1v) is 11.2. The highest BCUT2D eigenvalue weighted by Gasteiger charge is 2.28. The second-order valence-corrected chi connectivity index (χ2v) is 9.60. The molecule has 144 valence electrons. The lowest BCUT2D eigenvalue weighted by Gasteiger charge is -2.19. The van der Waals surface area contributed by atoms with Gasteiger partial charge in [0, 0.05) is 23.1 Å². The molecule has 0 radical (unpaired) electrons. The Balaban J connectivity index is 1.86. The molecule has 1 saturated heterocycles. The van der Waals surface area contributed by atoms with Gasteiger partial charge in [0.2, 0.25) is 10.0 Å². The normalized spacial score (nSPS) is 16.3. The van der Waals surface area contributed by atoms with Gasteiger partial charge in [-0.1, -0.05) is 40.2 Å². The lowest BCUT2D eigenvalue weighted by Crippen LogP contribution is -2.30. The van der Waals surface area contributed by atoms with Crippen molar-refractivity contribution in [1.29, 1.82) is 0 Å². The zero-order valence-corrected chi connectivity index (χ0v) is 17.8. The molecule has 1 amide bonds. The third-order valence-electron chi connectivity index (χ3n) is 4.88. The molecule has 1 unspecified atom stereocenters. The van der Waals surface area contributed by atoms with Gasteiger partial charge in [-0.25, -0.2) is 8.42 Å². The quantitative estimate of drug-likeness (QED) is 0.747. The molecule has 2 aromatic rings. The van der Waals surface area contributed by atoms with E-state index in [1.54, 1.807) is 12.1 Å². The van der Waals surface area contributed by atoms with E-state index in [4.69, 9.17) is 0 Å². The molecule has 1 fully saturated rings. The van der Waals surface area contributed by atoms with Crippen LogP contribution in [0.1, 0.15) is 47.3 Å². The molecular formula is C20H23BrN2O3S. The average Bonchev–Trinajstić information content (AvgIpc) is 3.17. The summed E-state index contributed by atoms with van der Waals surface area (Å²) in [6.07, 6.45) is 1.75. The van der Waals surface area contributed by atoms with Gasteiger partial charge in [0.05, 0.1) is 10.9 Å². The van der Waals surface area contributed by atoms with Crippen molar-refractivity contribution in [2.75, 3.05) is 13.1 Å². The number of nitrogens with zero attached hydrogens (tertiary/aromatic N) is 1. The summed E-state index contributed by atoms with van der Waals surface area (Å²) in [6.45, 7) is 4.79. The van der Waals surface area contributed by atoms with Crippen molar-refractivity contribution < 1.29 is 13.2 Å². The van der Waals surface area contributed by atoms with Gasteiger partial charge in [0.25, 0.3) is 5.91 Å². The number of amides is 1. The largest absolute Gasteiger partial charge is 0.345 e. The lowest BCUT2D eigenvalue weighted by atomic mass is 10.1. The summed E-state index contributed by atoms with van der Waals surface area (Å²) in [5.41, 5.74) is 2.09. The van der Waals surface area contributed by atoms with Gasteiger partial charge in [-0.3, -0.25) is 4.79 Å². The van der Waals surface area contributed by atoms with E-state index in [9.17, 15) is 13.2 Å². The second-order valence-electron chi connectivity index (χ2n) is 6.80. The van der Waals surface area contributed by atoms with Crippen molar-refractivity contribution in [3.05, 3.63) is 63.6 Å². The maximum absolute atomic E-state index is 12.8. The Labute approximate surface area is 169 Å². The molecule has 2 aromatic carbocycles. The summed E-state index contributed by atoms with van der Waals surface area (Å²) in [5.74, 6) is -0.283. The third-order valence-corrected chi connectivity index (χ3v) is 7.49. The van der Waals surface area contributed by atoms with Crippen LogP contribution in [-0.2, 0) is 10.0 Å². The summed E-state index contributed by atoms with van der Waals surface area (Å²) in [7, 11) is -3.55. The highest BCUT2D eigenvalue weighted by molar-refractivity contribution is 9.10. The zero-order valence-electron chi connectivity index (χ0n) is 15.4. The van der Waals surface area contributed by atoms with Crippen LogP contribution in [-0.4, -0.2) is 31.7 Å². The maximum atomic E-state index is 12.8. The van der Waals surface area contributed by atoms with Crippen LogP contribution >= 0.6 is 15.9 Å². The number of carbonyl (C=O) groups is 1. The number of hydrogen-bond donors (Lipinski definition) is 1. The molecule has 0 saturated carbocycles. The SMILES string of the molecule is Cc1ccc(S(=O)(=O)N2CCCC2)cc1C(=O)NC(C)c1ccccc1Br. The molecule has 1 atom stereocenters. The Morgan fingerprint density at radius 3 is 2.48 bits per heavy atom.